The first-order chi connectivity index (χ1) is 7.79. The molecule has 0 aromatic carbocycles. The maximum atomic E-state index is 12.5. The van der Waals surface area contributed by atoms with E-state index in [1.807, 2.05) is 4.90 Å². The van der Waals surface area contributed by atoms with E-state index in [1.54, 1.807) is 0 Å². The molecule has 0 atom stereocenters. The molecule has 1 aliphatic rings. The summed E-state index contributed by atoms with van der Waals surface area (Å²) in [6.07, 6.45) is 1.65. The van der Waals surface area contributed by atoms with Gasteiger partial charge in [-0.25, -0.2) is 0 Å². The maximum Gasteiger partial charge on any atom is 0.235 e. The zero-order valence-electron chi connectivity index (χ0n) is 11.3. The summed E-state index contributed by atoms with van der Waals surface area (Å²) in [6.45, 7) is 10.1. The SMILES string of the molecule is CC(C)CN(CC(C)C)C(=O)C1(C(N)=S)CC1. The van der Waals surface area contributed by atoms with Crippen LogP contribution in [0.15, 0.2) is 0 Å². The predicted octanol–water partition coefficient (Wildman–Crippen LogP) is 2.19. The van der Waals surface area contributed by atoms with Gasteiger partial charge in [-0.15, -0.1) is 0 Å². The first-order valence-corrected chi connectivity index (χ1v) is 6.79. The van der Waals surface area contributed by atoms with Gasteiger partial charge in [0, 0.05) is 13.1 Å². The fourth-order valence-corrected chi connectivity index (χ4v) is 2.41. The summed E-state index contributed by atoms with van der Waals surface area (Å²) >= 11 is 5.05. The second kappa shape index (κ2) is 5.34. The first kappa shape index (κ1) is 14.4. The topological polar surface area (TPSA) is 46.3 Å². The smallest absolute Gasteiger partial charge is 0.235 e. The highest BCUT2D eigenvalue weighted by atomic mass is 32.1. The van der Waals surface area contributed by atoms with Gasteiger partial charge in [-0.05, 0) is 24.7 Å². The van der Waals surface area contributed by atoms with Crippen LogP contribution >= 0.6 is 12.2 Å². The summed E-state index contributed by atoms with van der Waals surface area (Å²) in [6, 6.07) is 0. The van der Waals surface area contributed by atoms with E-state index in [0.29, 0.717) is 16.8 Å². The maximum absolute atomic E-state index is 12.5. The van der Waals surface area contributed by atoms with Crippen LogP contribution < -0.4 is 5.73 Å². The quantitative estimate of drug-likeness (QED) is 0.741. The molecule has 0 aromatic heterocycles. The molecule has 1 saturated carbocycles. The molecule has 98 valence electrons. The van der Waals surface area contributed by atoms with Crippen LogP contribution in [0.3, 0.4) is 0 Å². The molecular formula is C13H24N2OS. The fourth-order valence-electron chi connectivity index (χ4n) is 2.12. The van der Waals surface area contributed by atoms with Crippen molar-refractivity contribution >= 4 is 23.1 Å². The van der Waals surface area contributed by atoms with Gasteiger partial charge in [-0.1, -0.05) is 39.9 Å². The summed E-state index contributed by atoms with van der Waals surface area (Å²) in [5.74, 6) is 1.09. The van der Waals surface area contributed by atoms with Crippen molar-refractivity contribution in [1.82, 2.24) is 4.90 Å². The molecule has 0 aliphatic heterocycles. The summed E-state index contributed by atoms with van der Waals surface area (Å²) in [5.41, 5.74) is 5.22. The minimum absolute atomic E-state index is 0.146. The Morgan fingerprint density at radius 3 is 1.88 bits per heavy atom. The number of amides is 1. The Morgan fingerprint density at radius 2 is 1.65 bits per heavy atom. The molecule has 4 heteroatoms. The van der Waals surface area contributed by atoms with Crippen LogP contribution in [0, 0.1) is 17.3 Å². The zero-order valence-corrected chi connectivity index (χ0v) is 12.1. The van der Waals surface area contributed by atoms with Crippen molar-refractivity contribution in [1.29, 1.82) is 0 Å². The van der Waals surface area contributed by atoms with E-state index in [-0.39, 0.29) is 5.91 Å². The third-order valence-corrected chi connectivity index (χ3v) is 3.48. The Hall–Kier alpha value is -0.640. The van der Waals surface area contributed by atoms with E-state index < -0.39 is 5.41 Å². The lowest BCUT2D eigenvalue weighted by molar-refractivity contribution is -0.135. The molecule has 0 heterocycles. The van der Waals surface area contributed by atoms with Crippen LogP contribution in [-0.2, 0) is 4.79 Å². The van der Waals surface area contributed by atoms with Crippen molar-refractivity contribution in [3.8, 4) is 0 Å². The van der Waals surface area contributed by atoms with E-state index in [2.05, 4.69) is 27.7 Å². The minimum atomic E-state index is -0.501. The number of carbonyl (C=O) groups excluding carboxylic acids is 1. The van der Waals surface area contributed by atoms with E-state index in [0.717, 1.165) is 25.9 Å². The largest absolute Gasteiger partial charge is 0.392 e. The number of carbonyl (C=O) groups is 1. The second-order valence-corrected chi connectivity index (χ2v) is 6.38. The molecule has 1 aliphatic carbocycles. The summed E-state index contributed by atoms with van der Waals surface area (Å²) < 4.78 is 0. The van der Waals surface area contributed by atoms with Gasteiger partial charge in [0.15, 0.2) is 0 Å². The molecular weight excluding hydrogens is 232 g/mol. The molecule has 1 fully saturated rings. The minimum Gasteiger partial charge on any atom is -0.392 e. The van der Waals surface area contributed by atoms with Crippen molar-refractivity contribution in [3.05, 3.63) is 0 Å². The number of hydrogen-bond acceptors (Lipinski definition) is 2. The van der Waals surface area contributed by atoms with E-state index in [1.165, 1.54) is 0 Å². The third-order valence-electron chi connectivity index (χ3n) is 3.09. The summed E-state index contributed by atoms with van der Waals surface area (Å²) in [5, 5.41) is 0. The molecule has 0 spiro atoms. The van der Waals surface area contributed by atoms with E-state index in [9.17, 15) is 4.79 Å². The second-order valence-electron chi connectivity index (χ2n) is 5.94. The van der Waals surface area contributed by atoms with Gasteiger partial charge in [-0.3, -0.25) is 4.79 Å². The zero-order chi connectivity index (χ0) is 13.2. The lowest BCUT2D eigenvalue weighted by atomic mass is 10.0. The van der Waals surface area contributed by atoms with Gasteiger partial charge >= 0.3 is 0 Å². The standard InChI is InChI=1S/C13H24N2OS/c1-9(2)7-15(8-10(3)4)12(16)13(5-6-13)11(14)17/h9-10H,5-8H2,1-4H3,(H2,14,17). The number of nitrogens with zero attached hydrogens (tertiary/aromatic N) is 1. The van der Waals surface area contributed by atoms with E-state index in [4.69, 9.17) is 18.0 Å². The highest BCUT2D eigenvalue weighted by molar-refractivity contribution is 7.80. The van der Waals surface area contributed by atoms with Crippen molar-refractivity contribution in [2.45, 2.75) is 40.5 Å². The van der Waals surface area contributed by atoms with Crippen molar-refractivity contribution in [3.63, 3.8) is 0 Å². The van der Waals surface area contributed by atoms with Crippen LogP contribution in [0.1, 0.15) is 40.5 Å². The molecule has 0 aromatic rings. The lowest BCUT2D eigenvalue weighted by Gasteiger charge is -2.30. The molecule has 1 rings (SSSR count). The number of nitrogens with two attached hydrogens (primary N) is 1. The van der Waals surface area contributed by atoms with Gasteiger partial charge in [0.2, 0.25) is 5.91 Å². The van der Waals surface area contributed by atoms with Crippen LogP contribution in [-0.4, -0.2) is 28.9 Å². The normalized spacial score (nSPS) is 17.3. The van der Waals surface area contributed by atoms with Crippen LogP contribution in [0.2, 0.25) is 0 Å². The molecule has 2 N–H and O–H groups in total. The van der Waals surface area contributed by atoms with Gasteiger partial charge in [0.05, 0.1) is 10.4 Å². The van der Waals surface area contributed by atoms with Crippen molar-refractivity contribution in [2.24, 2.45) is 23.0 Å². The molecule has 0 unspecified atom stereocenters. The average molecular weight is 256 g/mol. The Kier molecular flexibility index (Phi) is 4.53. The molecule has 17 heavy (non-hydrogen) atoms. The van der Waals surface area contributed by atoms with Gasteiger partial charge in [0.25, 0.3) is 0 Å². The van der Waals surface area contributed by atoms with Crippen molar-refractivity contribution in [2.75, 3.05) is 13.1 Å². The summed E-state index contributed by atoms with van der Waals surface area (Å²) in [7, 11) is 0. The lowest BCUT2D eigenvalue weighted by Crippen LogP contribution is -2.45. The summed E-state index contributed by atoms with van der Waals surface area (Å²) in [4.78, 5) is 14.8. The highest BCUT2D eigenvalue weighted by Crippen LogP contribution is 2.47. The fraction of sp³-hybridized carbons (Fsp3) is 0.846. The predicted molar refractivity (Wildman–Crippen MR) is 74.7 cm³/mol. The van der Waals surface area contributed by atoms with Gasteiger partial charge in [-0.2, -0.15) is 0 Å². The average Bonchev–Trinajstić information content (AvgIpc) is 2.94. The van der Waals surface area contributed by atoms with Crippen LogP contribution in [0.5, 0.6) is 0 Å². The number of rotatable bonds is 6. The Bertz CT molecular complexity index is 299. The van der Waals surface area contributed by atoms with Gasteiger partial charge < -0.3 is 10.6 Å². The van der Waals surface area contributed by atoms with E-state index >= 15 is 0 Å². The van der Waals surface area contributed by atoms with Crippen LogP contribution in [0.25, 0.3) is 0 Å². The first-order valence-electron chi connectivity index (χ1n) is 6.39. The third kappa shape index (κ3) is 3.41. The van der Waals surface area contributed by atoms with Gasteiger partial charge in [0.1, 0.15) is 0 Å². The Balaban J connectivity index is 2.76. The monoisotopic (exact) mass is 256 g/mol. The number of hydrogen-bond donors (Lipinski definition) is 1. The molecule has 0 bridgehead atoms. The number of thiocarbonyl (C=S) groups is 1. The Labute approximate surface area is 110 Å². The van der Waals surface area contributed by atoms with Crippen molar-refractivity contribution < 1.29 is 4.79 Å². The molecule has 1 amide bonds. The molecule has 0 saturated heterocycles. The Morgan fingerprint density at radius 1 is 1.24 bits per heavy atom. The van der Waals surface area contributed by atoms with Crippen LogP contribution in [0.4, 0.5) is 0 Å². The molecule has 3 nitrogen and oxygen atoms in total. The molecule has 0 radical (unpaired) electrons. The highest BCUT2D eigenvalue weighted by Gasteiger charge is 2.54.